The van der Waals surface area contributed by atoms with E-state index >= 15 is 0 Å². The summed E-state index contributed by atoms with van der Waals surface area (Å²) >= 11 is 0. The van der Waals surface area contributed by atoms with E-state index in [0.29, 0.717) is 18.4 Å². The normalized spacial score (nSPS) is 21.2. The van der Waals surface area contributed by atoms with Gasteiger partial charge in [-0.1, -0.05) is 36.8 Å². The predicted molar refractivity (Wildman–Crippen MR) is 85.4 cm³/mol. The molecule has 0 aromatic heterocycles. The zero-order valence-electron chi connectivity index (χ0n) is 12.1. The summed E-state index contributed by atoms with van der Waals surface area (Å²) in [5.41, 5.74) is 1.36. The standard InChI is InChI=1S/C16H24N2O.ClH/c1-17-12-6-11-16(19)18-15-10-5-9-14(15)13-7-3-2-4-8-13;/h2-4,7-8,14-15,17H,5-6,9-12H2,1H3,(H,18,19);1H. The monoisotopic (exact) mass is 296 g/mol. The molecule has 2 N–H and O–H groups in total. The minimum atomic E-state index is 0. The van der Waals surface area contributed by atoms with Crippen molar-refractivity contribution in [3.05, 3.63) is 35.9 Å². The Bertz CT molecular complexity index is 397. The van der Waals surface area contributed by atoms with Gasteiger partial charge >= 0.3 is 0 Å². The maximum absolute atomic E-state index is 11.9. The molecule has 1 amide bonds. The second kappa shape index (κ2) is 8.98. The highest BCUT2D eigenvalue weighted by Crippen LogP contribution is 2.34. The Kier molecular flexibility index (Phi) is 7.63. The van der Waals surface area contributed by atoms with Crippen LogP contribution >= 0.6 is 12.4 Å². The van der Waals surface area contributed by atoms with Gasteiger partial charge in [-0.25, -0.2) is 0 Å². The Morgan fingerprint density at radius 3 is 2.70 bits per heavy atom. The Hall–Kier alpha value is -1.06. The van der Waals surface area contributed by atoms with E-state index in [2.05, 4.69) is 34.9 Å². The maximum atomic E-state index is 11.9. The maximum Gasteiger partial charge on any atom is 0.220 e. The van der Waals surface area contributed by atoms with Crippen molar-refractivity contribution >= 4 is 18.3 Å². The molecule has 2 atom stereocenters. The molecule has 2 rings (SSSR count). The first kappa shape index (κ1) is 17.0. The summed E-state index contributed by atoms with van der Waals surface area (Å²) in [6.07, 6.45) is 5.04. The second-order valence-electron chi connectivity index (χ2n) is 5.33. The fourth-order valence-electron chi connectivity index (χ4n) is 2.94. The second-order valence-corrected chi connectivity index (χ2v) is 5.33. The zero-order chi connectivity index (χ0) is 13.5. The fourth-order valence-corrected chi connectivity index (χ4v) is 2.94. The topological polar surface area (TPSA) is 41.1 Å². The highest BCUT2D eigenvalue weighted by atomic mass is 35.5. The summed E-state index contributed by atoms with van der Waals surface area (Å²) in [5.74, 6) is 0.692. The smallest absolute Gasteiger partial charge is 0.220 e. The van der Waals surface area contributed by atoms with Gasteiger partial charge in [-0.15, -0.1) is 12.4 Å². The molecule has 0 bridgehead atoms. The molecule has 1 aromatic carbocycles. The summed E-state index contributed by atoms with van der Waals surface area (Å²) in [7, 11) is 1.92. The lowest BCUT2D eigenvalue weighted by atomic mass is 9.94. The van der Waals surface area contributed by atoms with Crippen LogP contribution in [0.4, 0.5) is 0 Å². The first-order chi connectivity index (χ1) is 9.31. The molecule has 0 spiro atoms. The van der Waals surface area contributed by atoms with Gasteiger partial charge in [-0.3, -0.25) is 4.79 Å². The van der Waals surface area contributed by atoms with E-state index in [1.807, 2.05) is 13.1 Å². The van der Waals surface area contributed by atoms with E-state index in [1.54, 1.807) is 0 Å². The van der Waals surface area contributed by atoms with E-state index in [4.69, 9.17) is 0 Å². The molecule has 0 radical (unpaired) electrons. The molecule has 20 heavy (non-hydrogen) atoms. The van der Waals surface area contributed by atoms with Crippen LogP contribution in [0.5, 0.6) is 0 Å². The van der Waals surface area contributed by atoms with Crippen LogP contribution in [0.1, 0.15) is 43.6 Å². The van der Waals surface area contributed by atoms with E-state index in [0.717, 1.165) is 19.4 Å². The van der Waals surface area contributed by atoms with Crippen LogP contribution in [0, 0.1) is 0 Å². The Morgan fingerprint density at radius 2 is 2.00 bits per heavy atom. The van der Waals surface area contributed by atoms with Gasteiger partial charge in [0.25, 0.3) is 0 Å². The van der Waals surface area contributed by atoms with Crippen molar-refractivity contribution in [2.24, 2.45) is 0 Å². The molecule has 4 heteroatoms. The van der Waals surface area contributed by atoms with Gasteiger partial charge in [0.05, 0.1) is 0 Å². The van der Waals surface area contributed by atoms with Crippen molar-refractivity contribution in [1.29, 1.82) is 0 Å². The van der Waals surface area contributed by atoms with E-state index in [1.165, 1.54) is 18.4 Å². The number of carbonyl (C=O) groups is 1. The first-order valence-corrected chi connectivity index (χ1v) is 7.30. The van der Waals surface area contributed by atoms with Crippen LogP contribution in [0.15, 0.2) is 30.3 Å². The highest BCUT2D eigenvalue weighted by molar-refractivity contribution is 5.85. The molecule has 0 aliphatic heterocycles. The Morgan fingerprint density at radius 1 is 1.25 bits per heavy atom. The minimum Gasteiger partial charge on any atom is -0.353 e. The molecule has 3 nitrogen and oxygen atoms in total. The van der Waals surface area contributed by atoms with Crippen molar-refractivity contribution in [3.8, 4) is 0 Å². The number of amides is 1. The zero-order valence-corrected chi connectivity index (χ0v) is 12.9. The third-order valence-corrected chi connectivity index (χ3v) is 3.92. The van der Waals surface area contributed by atoms with E-state index in [9.17, 15) is 4.79 Å². The summed E-state index contributed by atoms with van der Waals surface area (Å²) < 4.78 is 0. The molecule has 1 aliphatic rings. The molecule has 2 unspecified atom stereocenters. The van der Waals surface area contributed by atoms with Crippen LogP contribution < -0.4 is 10.6 Å². The molecule has 112 valence electrons. The van der Waals surface area contributed by atoms with Gasteiger partial charge in [-0.05, 0) is 38.4 Å². The summed E-state index contributed by atoms with van der Waals surface area (Å²) in [6, 6.07) is 10.9. The van der Waals surface area contributed by atoms with Crippen molar-refractivity contribution < 1.29 is 4.79 Å². The molecular weight excluding hydrogens is 272 g/mol. The molecular formula is C16H25ClN2O. The highest BCUT2D eigenvalue weighted by Gasteiger charge is 2.29. The lowest BCUT2D eigenvalue weighted by Crippen LogP contribution is -2.36. The van der Waals surface area contributed by atoms with Gasteiger partial charge in [-0.2, -0.15) is 0 Å². The van der Waals surface area contributed by atoms with Gasteiger partial charge in [0.15, 0.2) is 0 Å². The van der Waals surface area contributed by atoms with Crippen molar-refractivity contribution in [1.82, 2.24) is 10.6 Å². The van der Waals surface area contributed by atoms with Crippen molar-refractivity contribution in [2.75, 3.05) is 13.6 Å². The number of hydrogen-bond donors (Lipinski definition) is 2. The average Bonchev–Trinajstić information content (AvgIpc) is 2.88. The number of carbonyl (C=O) groups excluding carboxylic acids is 1. The SMILES string of the molecule is CNCCCC(=O)NC1CCCC1c1ccccc1.Cl. The lowest BCUT2D eigenvalue weighted by Gasteiger charge is -2.21. The molecule has 1 fully saturated rings. The van der Waals surface area contributed by atoms with Gasteiger partial charge in [0.2, 0.25) is 5.91 Å². The minimum absolute atomic E-state index is 0. The summed E-state index contributed by atoms with van der Waals surface area (Å²) in [6.45, 7) is 0.903. The van der Waals surface area contributed by atoms with Crippen molar-refractivity contribution in [2.45, 2.75) is 44.1 Å². The number of hydrogen-bond acceptors (Lipinski definition) is 2. The molecule has 1 aromatic rings. The number of halogens is 1. The lowest BCUT2D eigenvalue weighted by molar-refractivity contribution is -0.121. The number of rotatable bonds is 6. The quantitative estimate of drug-likeness (QED) is 0.793. The molecule has 0 heterocycles. The predicted octanol–water partition coefficient (Wildman–Crippen LogP) is 2.86. The third-order valence-electron chi connectivity index (χ3n) is 3.92. The summed E-state index contributed by atoms with van der Waals surface area (Å²) in [5, 5.41) is 6.29. The van der Waals surface area contributed by atoms with Crippen LogP contribution in [0.2, 0.25) is 0 Å². The largest absolute Gasteiger partial charge is 0.353 e. The molecule has 0 saturated heterocycles. The molecule has 1 aliphatic carbocycles. The van der Waals surface area contributed by atoms with E-state index < -0.39 is 0 Å². The van der Waals surface area contributed by atoms with Crippen LogP contribution in [0.25, 0.3) is 0 Å². The third kappa shape index (κ3) is 4.80. The Balaban J connectivity index is 0.00000200. The van der Waals surface area contributed by atoms with Crippen molar-refractivity contribution in [3.63, 3.8) is 0 Å². The Labute approximate surface area is 127 Å². The average molecular weight is 297 g/mol. The van der Waals surface area contributed by atoms with Crippen LogP contribution in [-0.4, -0.2) is 25.5 Å². The van der Waals surface area contributed by atoms with Crippen LogP contribution in [0.3, 0.4) is 0 Å². The first-order valence-electron chi connectivity index (χ1n) is 7.30. The van der Waals surface area contributed by atoms with Gasteiger partial charge < -0.3 is 10.6 Å². The van der Waals surface area contributed by atoms with Gasteiger partial charge in [0.1, 0.15) is 0 Å². The van der Waals surface area contributed by atoms with Gasteiger partial charge in [0, 0.05) is 18.4 Å². The van der Waals surface area contributed by atoms with Crippen LogP contribution in [-0.2, 0) is 4.79 Å². The summed E-state index contributed by atoms with van der Waals surface area (Å²) in [4.78, 5) is 11.9. The number of nitrogens with one attached hydrogen (secondary N) is 2. The molecule has 1 saturated carbocycles. The fraction of sp³-hybridized carbons (Fsp3) is 0.562. The van der Waals surface area contributed by atoms with E-state index in [-0.39, 0.29) is 18.3 Å². The number of benzene rings is 1.